The molecule has 32 heavy (non-hydrogen) atoms. The fourth-order valence-electron chi connectivity index (χ4n) is 3.59. The molecule has 0 aliphatic carbocycles. The minimum absolute atomic E-state index is 0.0588. The highest BCUT2D eigenvalue weighted by Gasteiger charge is 2.37. The molecule has 0 saturated carbocycles. The molecule has 3 aromatic rings. The van der Waals surface area contributed by atoms with E-state index in [1.54, 1.807) is 30.3 Å². The first-order valence-corrected chi connectivity index (χ1v) is 9.97. The number of nitrogens with one attached hydrogen (secondary N) is 2. The summed E-state index contributed by atoms with van der Waals surface area (Å²) in [6, 6.07) is 12.0. The highest BCUT2D eigenvalue weighted by molar-refractivity contribution is 6.30. The summed E-state index contributed by atoms with van der Waals surface area (Å²) in [7, 11) is 1.53. The van der Waals surface area contributed by atoms with Crippen LogP contribution in [0.4, 0.5) is 17.2 Å². The third kappa shape index (κ3) is 4.05. The third-order valence-corrected chi connectivity index (χ3v) is 5.24. The zero-order chi connectivity index (χ0) is 22.8. The number of nitro benzene ring substituents is 1. The molecule has 1 atom stereocenters. The van der Waals surface area contributed by atoms with E-state index in [0.717, 1.165) is 5.56 Å². The van der Waals surface area contributed by atoms with E-state index >= 15 is 0 Å². The Morgan fingerprint density at radius 2 is 2.00 bits per heavy atom. The van der Waals surface area contributed by atoms with E-state index in [2.05, 4.69) is 15.7 Å². The number of amides is 2. The normalized spacial score (nSPS) is 14.7. The van der Waals surface area contributed by atoms with Gasteiger partial charge in [0, 0.05) is 23.8 Å². The summed E-state index contributed by atoms with van der Waals surface area (Å²) in [5.74, 6) is -0.499. The highest BCUT2D eigenvalue weighted by atomic mass is 35.5. The number of methoxy groups -OCH3 is 1. The first-order chi connectivity index (χ1) is 15.4. The van der Waals surface area contributed by atoms with Crippen molar-refractivity contribution >= 4 is 40.6 Å². The van der Waals surface area contributed by atoms with E-state index in [-0.39, 0.29) is 24.4 Å². The summed E-state index contributed by atoms with van der Waals surface area (Å²) in [6.45, 7) is 0.197. The van der Waals surface area contributed by atoms with Crippen molar-refractivity contribution < 1.29 is 19.2 Å². The van der Waals surface area contributed by atoms with Crippen LogP contribution in [0.3, 0.4) is 0 Å². The molecule has 1 unspecified atom stereocenters. The highest BCUT2D eigenvalue weighted by Crippen LogP contribution is 2.39. The number of aromatic nitrogens is 2. The van der Waals surface area contributed by atoms with Crippen LogP contribution < -0.4 is 10.6 Å². The lowest BCUT2D eigenvalue weighted by molar-refractivity contribution is -0.383. The van der Waals surface area contributed by atoms with Gasteiger partial charge in [0.05, 0.1) is 23.6 Å². The van der Waals surface area contributed by atoms with Crippen LogP contribution >= 0.6 is 11.6 Å². The molecule has 0 radical (unpaired) electrons. The fraction of sp³-hybridized carbons (Fsp3) is 0.190. The summed E-state index contributed by atoms with van der Waals surface area (Å²) in [6.07, 6.45) is -0.251. The number of fused-ring (bicyclic) bond motifs is 1. The lowest BCUT2D eigenvalue weighted by Gasteiger charge is -2.10. The second-order valence-electron chi connectivity index (χ2n) is 7.09. The van der Waals surface area contributed by atoms with Gasteiger partial charge in [0.15, 0.2) is 0 Å². The summed E-state index contributed by atoms with van der Waals surface area (Å²) in [5.41, 5.74) is 1.88. The zero-order valence-corrected chi connectivity index (χ0v) is 17.6. The Labute approximate surface area is 187 Å². The number of nitrogens with zero attached hydrogens (tertiary/aromatic N) is 3. The summed E-state index contributed by atoms with van der Waals surface area (Å²) in [4.78, 5) is 35.9. The van der Waals surface area contributed by atoms with Crippen LogP contribution in [0.2, 0.25) is 5.02 Å². The van der Waals surface area contributed by atoms with Gasteiger partial charge < -0.3 is 15.4 Å². The molecule has 2 heterocycles. The van der Waals surface area contributed by atoms with Crippen molar-refractivity contribution in [2.45, 2.75) is 19.1 Å². The maximum atomic E-state index is 12.6. The first-order valence-electron chi connectivity index (χ1n) is 9.59. The summed E-state index contributed by atoms with van der Waals surface area (Å²) < 4.78 is 6.71. The van der Waals surface area contributed by atoms with Crippen LogP contribution in [-0.4, -0.2) is 33.6 Å². The van der Waals surface area contributed by atoms with Gasteiger partial charge in [0.25, 0.3) is 11.6 Å². The van der Waals surface area contributed by atoms with Crippen molar-refractivity contribution in [2.75, 3.05) is 17.7 Å². The number of nitro groups is 1. The van der Waals surface area contributed by atoms with Gasteiger partial charge in [-0.05, 0) is 23.8 Å². The van der Waals surface area contributed by atoms with Gasteiger partial charge in [-0.2, -0.15) is 5.10 Å². The van der Waals surface area contributed by atoms with Crippen molar-refractivity contribution in [3.63, 3.8) is 0 Å². The monoisotopic (exact) mass is 455 g/mol. The van der Waals surface area contributed by atoms with Crippen LogP contribution in [0.15, 0.2) is 48.5 Å². The fourth-order valence-corrected chi connectivity index (χ4v) is 3.72. The standard InChI is InChI=1S/C21H18ClN5O5/c1-32-11-15-19(12-6-8-13(22)9-7-12)20-24-21(29)17(26(20)25-15)10-18(28)23-14-4-2-3-5-16(14)27(30)31/h2-9,17H,10-11H2,1H3,(H,23,28)(H,24,29). The van der Waals surface area contributed by atoms with Gasteiger partial charge in [-0.15, -0.1) is 0 Å². The van der Waals surface area contributed by atoms with E-state index in [0.29, 0.717) is 22.1 Å². The molecule has 2 aromatic carbocycles. The molecule has 10 nitrogen and oxygen atoms in total. The van der Waals surface area contributed by atoms with Crippen molar-refractivity contribution in [1.82, 2.24) is 9.78 Å². The SMILES string of the molecule is COCc1nn2c(c1-c1ccc(Cl)cc1)NC(=O)C2CC(=O)Nc1ccccc1[N+](=O)[O-]. The molecule has 164 valence electrons. The largest absolute Gasteiger partial charge is 0.378 e. The zero-order valence-electron chi connectivity index (χ0n) is 16.9. The number of hydrogen-bond acceptors (Lipinski definition) is 6. The van der Waals surface area contributed by atoms with Crippen molar-refractivity contribution in [2.24, 2.45) is 0 Å². The minimum Gasteiger partial charge on any atom is -0.378 e. The van der Waals surface area contributed by atoms with Gasteiger partial charge in [-0.1, -0.05) is 35.9 Å². The predicted molar refractivity (Wildman–Crippen MR) is 117 cm³/mol. The molecule has 0 saturated heterocycles. The van der Waals surface area contributed by atoms with E-state index in [1.807, 2.05) is 0 Å². The molecule has 1 aliphatic heterocycles. The number of benzene rings is 2. The molecule has 2 amide bonds. The summed E-state index contributed by atoms with van der Waals surface area (Å²) in [5, 5.41) is 21.6. The topological polar surface area (TPSA) is 128 Å². The minimum atomic E-state index is -0.913. The van der Waals surface area contributed by atoms with Gasteiger partial charge in [-0.25, -0.2) is 4.68 Å². The number of halogens is 1. The number of para-hydroxylation sites is 2. The molecular weight excluding hydrogens is 438 g/mol. The Hall–Kier alpha value is -3.76. The number of anilines is 2. The lowest BCUT2D eigenvalue weighted by Crippen LogP contribution is -2.24. The Kier molecular flexibility index (Phi) is 5.89. The van der Waals surface area contributed by atoms with E-state index in [9.17, 15) is 19.7 Å². The number of rotatable bonds is 7. The molecule has 0 spiro atoms. The molecule has 4 rings (SSSR count). The van der Waals surface area contributed by atoms with E-state index < -0.39 is 22.8 Å². The average molecular weight is 456 g/mol. The van der Waals surface area contributed by atoms with Gasteiger partial charge in [-0.3, -0.25) is 19.7 Å². The van der Waals surface area contributed by atoms with Crippen LogP contribution in [-0.2, 0) is 20.9 Å². The number of hydrogen-bond donors (Lipinski definition) is 2. The van der Waals surface area contributed by atoms with Crippen LogP contribution in [0.5, 0.6) is 0 Å². The summed E-state index contributed by atoms with van der Waals surface area (Å²) >= 11 is 5.99. The first kappa shape index (κ1) is 21.5. The van der Waals surface area contributed by atoms with Gasteiger partial charge in [0.1, 0.15) is 17.5 Å². The molecule has 11 heteroatoms. The maximum absolute atomic E-state index is 12.6. The van der Waals surface area contributed by atoms with Crippen LogP contribution in [0, 0.1) is 10.1 Å². The number of carbonyl (C=O) groups is 2. The Morgan fingerprint density at radius 3 is 2.69 bits per heavy atom. The molecule has 0 fully saturated rings. The number of carbonyl (C=O) groups excluding carboxylic acids is 2. The quantitative estimate of drug-likeness (QED) is 0.412. The number of ether oxygens (including phenoxy) is 1. The Bertz CT molecular complexity index is 1210. The van der Waals surface area contributed by atoms with Gasteiger partial charge in [0.2, 0.25) is 5.91 Å². The Balaban J connectivity index is 1.63. The van der Waals surface area contributed by atoms with Gasteiger partial charge >= 0.3 is 0 Å². The second kappa shape index (κ2) is 8.77. The smallest absolute Gasteiger partial charge is 0.292 e. The Morgan fingerprint density at radius 1 is 1.28 bits per heavy atom. The molecular formula is C21H18ClN5O5. The van der Waals surface area contributed by atoms with E-state index in [1.165, 1.54) is 30.0 Å². The third-order valence-electron chi connectivity index (χ3n) is 4.99. The van der Waals surface area contributed by atoms with E-state index in [4.69, 9.17) is 16.3 Å². The molecule has 1 aliphatic rings. The molecule has 0 bridgehead atoms. The van der Waals surface area contributed by atoms with Crippen LogP contribution in [0.25, 0.3) is 11.1 Å². The molecule has 1 aromatic heterocycles. The van der Waals surface area contributed by atoms with Crippen molar-refractivity contribution in [1.29, 1.82) is 0 Å². The predicted octanol–water partition coefficient (Wildman–Crippen LogP) is 3.78. The van der Waals surface area contributed by atoms with Crippen molar-refractivity contribution in [3.05, 3.63) is 69.4 Å². The molecule has 2 N–H and O–H groups in total. The van der Waals surface area contributed by atoms with Crippen LogP contribution in [0.1, 0.15) is 18.2 Å². The average Bonchev–Trinajstić information content (AvgIpc) is 3.24. The maximum Gasteiger partial charge on any atom is 0.292 e. The second-order valence-corrected chi connectivity index (χ2v) is 7.52. The lowest BCUT2D eigenvalue weighted by atomic mass is 10.1. The van der Waals surface area contributed by atoms with Crippen molar-refractivity contribution in [3.8, 4) is 11.1 Å².